The van der Waals surface area contributed by atoms with Crippen molar-refractivity contribution in [1.82, 2.24) is 14.9 Å². The van der Waals surface area contributed by atoms with E-state index in [1.54, 1.807) is 23.8 Å². The molecule has 2 aromatic heterocycles. The summed E-state index contributed by atoms with van der Waals surface area (Å²) in [5.41, 5.74) is 4.03. The predicted molar refractivity (Wildman–Crippen MR) is 90.0 cm³/mol. The highest BCUT2D eigenvalue weighted by molar-refractivity contribution is 7.12. The molecule has 0 spiro atoms. The number of rotatable bonds is 3. The summed E-state index contributed by atoms with van der Waals surface area (Å²) in [5.74, 6) is -1.58. The van der Waals surface area contributed by atoms with Crippen LogP contribution in [-0.2, 0) is 13.1 Å². The highest BCUT2D eigenvalue weighted by Gasteiger charge is 2.31. The van der Waals surface area contributed by atoms with Crippen molar-refractivity contribution >= 4 is 17.2 Å². The van der Waals surface area contributed by atoms with Crippen molar-refractivity contribution in [3.8, 4) is 11.1 Å². The quantitative estimate of drug-likeness (QED) is 0.713. The van der Waals surface area contributed by atoms with E-state index in [0.717, 1.165) is 5.69 Å². The molecule has 7 heteroatoms. The van der Waals surface area contributed by atoms with Crippen molar-refractivity contribution in [2.75, 3.05) is 0 Å². The fourth-order valence-electron chi connectivity index (χ4n) is 2.83. The van der Waals surface area contributed by atoms with Gasteiger partial charge < -0.3 is 4.90 Å². The minimum atomic E-state index is -0.674. The van der Waals surface area contributed by atoms with Gasteiger partial charge >= 0.3 is 0 Å². The summed E-state index contributed by atoms with van der Waals surface area (Å²) in [6.45, 7) is 2.00. The van der Waals surface area contributed by atoms with E-state index in [1.807, 2.05) is 6.92 Å². The molecule has 25 heavy (non-hydrogen) atoms. The molecule has 0 atom stereocenters. The number of aromatic nitrogens is 2. The zero-order valence-electron chi connectivity index (χ0n) is 13.3. The lowest BCUT2D eigenvalue weighted by Crippen LogP contribution is -2.24. The molecule has 3 heterocycles. The number of amides is 1. The predicted octanol–water partition coefficient (Wildman–Crippen LogP) is 3.95. The molecule has 0 saturated carbocycles. The zero-order valence-corrected chi connectivity index (χ0v) is 14.1. The Balaban J connectivity index is 1.62. The molecule has 0 bridgehead atoms. The maximum atomic E-state index is 14.5. The first-order chi connectivity index (χ1) is 12.0. The summed E-state index contributed by atoms with van der Waals surface area (Å²) in [6, 6.07) is 6.11. The smallest absolute Gasteiger partial charge is 0.266 e. The number of fused-ring (bicyclic) bond motifs is 1. The lowest BCUT2D eigenvalue weighted by Gasteiger charge is -2.17. The van der Waals surface area contributed by atoms with E-state index in [0.29, 0.717) is 21.7 Å². The van der Waals surface area contributed by atoms with Gasteiger partial charge in [0.25, 0.3) is 5.91 Å². The molecular formula is C18H13F2N3OS. The Labute approximate surface area is 146 Å². The maximum absolute atomic E-state index is 14.5. The molecule has 0 N–H and O–H groups in total. The molecule has 1 aliphatic heterocycles. The Kier molecular flexibility index (Phi) is 3.80. The van der Waals surface area contributed by atoms with E-state index in [1.165, 1.54) is 28.4 Å². The maximum Gasteiger partial charge on any atom is 0.266 e. The average Bonchev–Trinajstić information content (AvgIpc) is 3.15. The van der Waals surface area contributed by atoms with Crippen molar-refractivity contribution in [2.24, 2.45) is 0 Å². The average molecular weight is 357 g/mol. The highest BCUT2D eigenvalue weighted by atomic mass is 32.1. The van der Waals surface area contributed by atoms with Gasteiger partial charge in [-0.1, -0.05) is 6.07 Å². The van der Waals surface area contributed by atoms with Crippen LogP contribution in [0.15, 0.2) is 36.0 Å². The van der Waals surface area contributed by atoms with Gasteiger partial charge in [0.2, 0.25) is 0 Å². The molecule has 1 aromatic carbocycles. The molecule has 3 aromatic rings. The normalized spacial score (nSPS) is 13.4. The van der Waals surface area contributed by atoms with Crippen LogP contribution in [0.25, 0.3) is 11.1 Å². The van der Waals surface area contributed by atoms with Gasteiger partial charge in [0.05, 0.1) is 24.3 Å². The SMILES string of the molecule is Cc1ccc(-c2cc(F)c(CN3Cc4ncsc4C3=O)c(F)c2)cn1. The number of carbonyl (C=O) groups excluding carboxylic acids is 1. The lowest BCUT2D eigenvalue weighted by molar-refractivity contribution is 0.0766. The van der Waals surface area contributed by atoms with Crippen molar-refractivity contribution in [1.29, 1.82) is 0 Å². The molecule has 0 aliphatic carbocycles. The van der Waals surface area contributed by atoms with Crippen LogP contribution in [0.5, 0.6) is 0 Å². The lowest BCUT2D eigenvalue weighted by atomic mass is 10.0. The minimum Gasteiger partial charge on any atom is -0.327 e. The van der Waals surface area contributed by atoms with E-state index >= 15 is 0 Å². The summed E-state index contributed by atoms with van der Waals surface area (Å²) >= 11 is 1.25. The van der Waals surface area contributed by atoms with Crippen LogP contribution < -0.4 is 0 Å². The van der Waals surface area contributed by atoms with Crippen LogP contribution in [0.1, 0.15) is 26.6 Å². The van der Waals surface area contributed by atoms with Crippen LogP contribution in [-0.4, -0.2) is 20.8 Å². The van der Waals surface area contributed by atoms with E-state index in [4.69, 9.17) is 0 Å². The molecule has 1 aliphatic rings. The highest BCUT2D eigenvalue weighted by Crippen LogP contribution is 2.29. The first-order valence-electron chi connectivity index (χ1n) is 7.65. The largest absolute Gasteiger partial charge is 0.327 e. The van der Waals surface area contributed by atoms with Crippen molar-refractivity contribution in [3.63, 3.8) is 0 Å². The second-order valence-corrected chi connectivity index (χ2v) is 6.75. The minimum absolute atomic E-state index is 0.118. The standard InChI is InChI=1S/C18H13F2N3OS/c1-10-2-3-11(6-21-10)12-4-14(19)13(15(20)5-12)7-23-8-16-17(18(23)24)25-9-22-16/h2-6,9H,7-8H2,1H3. The topological polar surface area (TPSA) is 46.1 Å². The molecule has 126 valence electrons. The number of hydrogen-bond acceptors (Lipinski definition) is 4. The van der Waals surface area contributed by atoms with Crippen molar-refractivity contribution < 1.29 is 13.6 Å². The van der Waals surface area contributed by atoms with E-state index in [-0.39, 0.29) is 24.6 Å². The third kappa shape index (κ3) is 2.80. The molecule has 1 amide bonds. The number of aryl methyl sites for hydroxylation is 1. The third-order valence-electron chi connectivity index (χ3n) is 4.20. The van der Waals surface area contributed by atoms with E-state index < -0.39 is 11.6 Å². The van der Waals surface area contributed by atoms with E-state index in [9.17, 15) is 13.6 Å². The van der Waals surface area contributed by atoms with Gasteiger partial charge in [-0.3, -0.25) is 9.78 Å². The van der Waals surface area contributed by atoms with Crippen LogP contribution in [0.3, 0.4) is 0 Å². The Morgan fingerprint density at radius 3 is 2.56 bits per heavy atom. The molecule has 4 nitrogen and oxygen atoms in total. The van der Waals surface area contributed by atoms with Gasteiger partial charge in [0.1, 0.15) is 16.5 Å². The van der Waals surface area contributed by atoms with Gasteiger partial charge in [-0.2, -0.15) is 0 Å². The van der Waals surface area contributed by atoms with Crippen LogP contribution in [0.2, 0.25) is 0 Å². The number of carbonyl (C=O) groups is 1. The number of halogens is 2. The monoisotopic (exact) mass is 357 g/mol. The third-order valence-corrected chi connectivity index (χ3v) is 5.05. The number of thiazole rings is 1. The molecular weight excluding hydrogens is 344 g/mol. The van der Waals surface area contributed by atoms with Crippen LogP contribution >= 0.6 is 11.3 Å². The number of benzene rings is 1. The summed E-state index contributed by atoms with van der Waals surface area (Å²) in [6.07, 6.45) is 1.58. The molecule has 4 rings (SSSR count). The van der Waals surface area contributed by atoms with Gasteiger partial charge in [0.15, 0.2) is 0 Å². The second kappa shape index (κ2) is 6.00. The number of pyridine rings is 1. The second-order valence-electron chi connectivity index (χ2n) is 5.90. The summed E-state index contributed by atoms with van der Waals surface area (Å²) < 4.78 is 29.0. The first kappa shape index (κ1) is 15.8. The fourth-order valence-corrected chi connectivity index (χ4v) is 3.60. The summed E-state index contributed by atoms with van der Waals surface area (Å²) in [5, 5.41) is 0. The van der Waals surface area contributed by atoms with Gasteiger partial charge in [-0.05, 0) is 30.7 Å². The van der Waals surface area contributed by atoms with Crippen molar-refractivity contribution in [2.45, 2.75) is 20.0 Å². The van der Waals surface area contributed by atoms with Gasteiger partial charge in [-0.15, -0.1) is 11.3 Å². The summed E-state index contributed by atoms with van der Waals surface area (Å²) in [7, 11) is 0. The summed E-state index contributed by atoms with van der Waals surface area (Å²) in [4.78, 5) is 22.4. The van der Waals surface area contributed by atoms with Gasteiger partial charge in [-0.25, -0.2) is 13.8 Å². The zero-order chi connectivity index (χ0) is 17.6. The van der Waals surface area contributed by atoms with Gasteiger partial charge in [0, 0.05) is 23.0 Å². The molecule has 0 fully saturated rings. The number of hydrogen-bond donors (Lipinski definition) is 0. The molecule has 0 unspecified atom stereocenters. The van der Waals surface area contributed by atoms with E-state index in [2.05, 4.69) is 9.97 Å². The van der Waals surface area contributed by atoms with Crippen LogP contribution in [0, 0.1) is 18.6 Å². The van der Waals surface area contributed by atoms with Crippen LogP contribution in [0.4, 0.5) is 8.78 Å². The fraction of sp³-hybridized carbons (Fsp3) is 0.167. The number of nitrogens with zero attached hydrogens (tertiary/aromatic N) is 3. The Morgan fingerprint density at radius 2 is 1.92 bits per heavy atom. The Hall–Kier alpha value is -2.67. The first-order valence-corrected chi connectivity index (χ1v) is 8.53. The molecule has 0 radical (unpaired) electrons. The molecule has 0 saturated heterocycles. The van der Waals surface area contributed by atoms with Crippen molar-refractivity contribution in [3.05, 3.63) is 69.4 Å². The Morgan fingerprint density at radius 1 is 1.16 bits per heavy atom. The Bertz CT molecular complexity index is 946.